The molecule has 8 heteroatoms. The minimum Gasteiger partial charge on any atom is -0.496 e. The lowest BCUT2D eigenvalue weighted by atomic mass is 10.0. The molecule has 142 valence electrons. The van der Waals surface area contributed by atoms with E-state index in [1.54, 1.807) is 13.3 Å². The number of carbonyl (C=O) groups excluding carboxylic acids is 2. The predicted octanol–water partition coefficient (Wildman–Crippen LogP) is 2.97. The molecule has 0 saturated carbocycles. The van der Waals surface area contributed by atoms with Crippen molar-refractivity contribution in [3.8, 4) is 16.9 Å². The van der Waals surface area contributed by atoms with Gasteiger partial charge in [0.2, 0.25) is 0 Å². The lowest BCUT2D eigenvalue weighted by molar-refractivity contribution is -0.135. The van der Waals surface area contributed by atoms with E-state index in [9.17, 15) is 9.59 Å². The van der Waals surface area contributed by atoms with Crippen molar-refractivity contribution in [1.29, 1.82) is 0 Å². The van der Waals surface area contributed by atoms with Crippen LogP contribution in [0.1, 0.15) is 5.56 Å². The quantitative estimate of drug-likeness (QED) is 0.364. The number of carbonyl (C=O) groups is 2. The van der Waals surface area contributed by atoms with E-state index < -0.39 is 11.9 Å². The van der Waals surface area contributed by atoms with Crippen LogP contribution < -0.4 is 10.1 Å². The molecule has 0 aliphatic carbocycles. The maximum Gasteiger partial charge on any atom is 0.331 e. The summed E-state index contributed by atoms with van der Waals surface area (Å²) in [6.07, 6.45) is 2.69. The molecular weight excluding hydrogens is 378 g/mol. The number of amides is 1. The second kappa shape index (κ2) is 9.01. The summed E-state index contributed by atoms with van der Waals surface area (Å²) in [5, 5.41) is 10.8. The van der Waals surface area contributed by atoms with Gasteiger partial charge in [-0.2, -0.15) is 5.10 Å². The molecule has 1 amide bonds. The van der Waals surface area contributed by atoms with Crippen molar-refractivity contribution in [1.82, 2.24) is 5.32 Å². The molecule has 2 aromatic rings. The summed E-state index contributed by atoms with van der Waals surface area (Å²) < 4.78 is 9.95. The Hall–Kier alpha value is -3.39. The predicted molar refractivity (Wildman–Crippen MR) is 109 cm³/mol. The number of esters is 1. The summed E-state index contributed by atoms with van der Waals surface area (Å²) in [6.45, 7) is 0. The van der Waals surface area contributed by atoms with E-state index in [1.807, 2.05) is 48.5 Å². The standard InChI is InChI=1S/C20H17N3O4S/c1-26-16-9-8-13(10-15(16)14-6-4-3-5-7-14)12-21-23-20-22-19(25)17(28-20)11-18(24)27-2/h3-12H,1-2H3,(H,22,23,25)/b17-11+,21-12?. The zero-order valence-electron chi connectivity index (χ0n) is 15.2. The van der Waals surface area contributed by atoms with Gasteiger partial charge in [0.05, 0.1) is 25.3 Å². The monoisotopic (exact) mass is 395 g/mol. The molecular formula is C20H17N3O4S. The number of rotatable bonds is 5. The van der Waals surface area contributed by atoms with Gasteiger partial charge in [0, 0.05) is 11.6 Å². The third-order valence-electron chi connectivity index (χ3n) is 3.76. The Morgan fingerprint density at radius 2 is 1.93 bits per heavy atom. The van der Waals surface area contributed by atoms with E-state index in [4.69, 9.17) is 4.74 Å². The minimum absolute atomic E-state index is 0.205. The first-order valence-electron chi connectivity index (χ1n) is 8.24. The number of thioether (sulfide) groups is 1. The molecule has 0 bridgehead atoms. The van der Waals surface area contributed by atoms with E-state index in [1.165, 1.54) is 7.11 Å². The van der Waals surface area contributed by atoms with E-state index in [-0.39, 0.29) is 10.1 Å². The van der Waals surface area contributed by atoms with Crippen molar-refractivity contribution in [2.24, 2.45) is 10.2 Å². The van der Waals surface area contributed by atoms with E-state index in [2.05, 4.69) is 20.3 Å². The van der Waals surface area contributed by atoms with Crippen LogP contribution >= 0.6 is 11.8 Å². The van der Waals surface area contributed by atoms with Crippen LogP contribution in [0.25, 0.3) is 11.1 Å². The Morgan fingerprint density at radius 1 is 1.14 bits per heavy atom. The van der Waals surface area contributed by atoms with Gasteiger partial charge in [0.1, 0.15) is 5.75 Å². The van der Waals surface area contributed by atoms with Crippen molar-refractivity contribution >= 4 is 35.0 Å². The Labute approximate surface area is 166 Å². The van der Waals surface area contributed by atoms with E-state index in [0.29, 0.717) is 0 Å². The van der Waals surface area contributed by atoms with Crippen LogP contribution in [0.15, 0.2) is 69.7 Å². The highest BCUT2D eigenvalue weighted by Crippen LogP contribution is 2.30. The van der Waals surface area contributed by atoms with Gasteiger partial charge >= 0.3 is 5.97 Å². The SMILES string of the molecule is COC(=O)/C=C1/S/C(=N\N=Cc2ccc(OC)c(-c3ccccc3)c2)NC1=O. The third kappa shape index (κ3) is 4.66. The molecule has 28 heavy (non-hydrogen) atoms. The second-order valence-electron chi connectivity index (χ2n) is 5.56. The first-order valence-corrected chi connectivity index (χ1v) is 9.05. The smallest absolute Gasteiger partial charge is 0.331 e. The molecule has 1 aliphatic heterocycles. The molecule has 0 radical (unpaired) electrons. The number of benzene rings is 2. The fraction of sp³-hybridized carbons (Fsp3) is 0.100. The van der Waals surface area contributed by atoms with Crippen molar-refractivity contribution < 1.29 is 19.1 Å². The molecule has 0 spiro atoms. The maximum atomic E-state index is 11.8. The Bertz CT molecular complexity index is 984. The molecule has 1 aliphatic rings. The van der Waals surface area contributed by atoms with Crippen molar-refractivity contribution in [3.63, 3.8) is 0 Å². The van der Waals surface area contributed by atoms with Gasteiger partial charge < -0.3 is 9.47 Å². The number of methoxy groups -OCH3 is 2. The number of amidine groups is 1. The summed E-state index contributed by atoms with van der Waals surface area (Å²) in [5.41, 5.74) is 2.78. The Morgan fingerprint density at radius 3 is 2.64 bits per heavy atom. The maximum absolute atomic E-state index is 11.8. The first kappa shape index (κ1) is 19.4. The molecule has 1 N–H and O–H groups in total. The largest absolute Gasteiger partial charge is 0.496 e. The average Bonchev–Trinajstić information content (AvgIpc) is 3.07. The number of nitrogens with zero attached hydrogens (tertiary/aromatic N) is 2. The zero-order chi connectivity index (χ0) is 19.9. The fourth-order valence-electron chi connectivity index (χ4n) is 2.44. The number of nitrogens with one attached hydrogen (secondary N) is 1. The van der Waals surface area contributed by atoms with Gasteiger partial charge in [-0.25, -0.2) is 4.79 Å². The highest BCUT2D eigenvalue weighted by molar-refractivity contribution is 8.18. The molecule has 0 atom stereocenters. The summed E-state index contributed by atoms with van der Waals surface area (Å²) in [7, 11) is 2.87. The topological polar surface area (TPSA) is 89.3 Å². The first-order chi connectivity index (χ1) is 13.6. The van der Waals surface area contributed by atoms with Crippen LogP contribution in [0.3, 0.4) is 0 Å². The van der Waals surface area contributed by atoms with Gasteiger partial charge in [0.25, 0.3) is 5.91 Å². The fourth-order valence-corrected chi connectivity index (χ4v) is 3.18. The van der Waals surface area contributed by atoms with Crippen molar-refractivity contribution in [3.05, 3.63) is 65.1 Å². The molecule has 0 aromatic heterocycles. The van der Waals surface area contributed by atoms with E-state index in [0.717, 1.165) is 40.3 Å². The van der Waals surface area contributed by atoms with Crippen LogP contribution in [-0.2, 0) is 14.3 Å². The lowest BCUT2D eigenvalue weighted by Crippen LogP contribution is -2.19. The zero-order valence-corrected chi connectivity index (χ0v) is 16.0. The minimum atomic E-state index is -0.603. The summed E-state index contributed by atoms with van der Waals surface area (Å²) >= 11 is 1.02. The average molecular weight is 395 g/mol. The molecule has 1 saturated heterocycles. The van der Waals surface area contributed by atoms with Crippen LogP contribution in [0, 0.1) is 0 Å². The van der Waals surface area contributed by atoms with Crippen LogP contribution in [-0.4, -0.2) is 37.5 Å². The van der Waals surface area contributed by atoms with Crippen molar-refractivity contribution in [2.75, 3.05) is 14.2 Å². The molecule has 3 rings (SSSR count). The van der Waals surface area contributed by atoms with Crippen LogP contribution in [0.5, 0.6) is 5.75 Å². The van der Waals surface area contributed by atoms with Crippen molar-refractivity contribution in [2.45, 2.75) is 0 Å². The number of hydrogen-bond acceptors (Lipinski definition) is 7. The van der Waals surface area contributed by atoms with Gasteiger partial charge in [-0.15, -0.1) is 5.10 Å². The van der Waals surface area contributed by atoms with E-state index >= 15 is 0 Å². The normalized spacial score (nSPS) is 16.6. The van der Waals surface area contributed by atoms with Gasteiger partial charge in [-0.1, -0.05) is 30.3 Å². The highest BCUT2D eigenvalue weighted by Gasteiger charge is 2.24. The van der Waals surface area contributed by atoms with Gasteiger partial charge in [-0.05, 0) is 41.1 Å². The van der Waals surface area contributed by atoms with Gasteiger partial charge in [0.15, 0.2) is 5.17 Å². The summed E-state index contributed by atoms with van der Waals surface area (Å²) in [5.74, 6) is -0.264. The Balaban J connectivity index is 1.78. The number of ether oxygens (including phenoxy) is 2. The summed E-state index contributed by atoms with van der Waals surface area (Å²) in [4.78, 5) is 23.2. The molecule has 7 nitrogen and oxygen atoms in total. The van der Waals surface area contributed by atoms with Crippen LogP contribution in [0.4, 0.5) is 0 Å². The molecule has 1 heterocycles. The Kier molecular flexibility index (Phi) is 6.23. The molecule has 2 aromatic carbocycles. The molecule has 0 unspecified atom stereocenters. The van der Waals surface area contributed by atoms with Crippen LogP contribution in [0.2, 0.25) is 0 Å². The lowest BCUT2D eigenvalue weighted by Gasteiger charge is -2.09. The second-order valence-corrected chi connectivity index (χ2v) is 6.59. The van der Waals surface area contributed by atoms with Gasteiger partial charge in [-0.3, -0.25) is 10.1 Å². The summed E-state index contributed by atoms with van der Waals surface area (Å²) in [6, 6.07) is 15.5. The number of hydrogen-bond donors (Lipinski definition) is 1. The third-order valence-corrected chi connectivity index (χ3v) is 4.66. The molecule has 1 fully saturated rings. The highest BCUT2D eigenvalue weighted by atomic mass is 32.2.